The summed E-state index contributed by atoms with van der Waals surface area (Å²) >= 11 is 0. The van der Waals surface area contributed by atoms with Crippen LogP contribution in [0.2, 0.25) is 0 Å². The van der Waals surface area contributed by atoms with Gasteiger partial charge in [0.1, 0.15) is 0 Å². The van der Waals surface area contributed by atoms with E-state index in [1.165, 1.54) is 0 Å². The quantitative estimate of drug-likeness (QED) is 0.603. The molecule has 0 spiro atoms. The first-order valence-corrected chi connectivity index (χ1v) is 9.93. The van der Waals surface area contributed by atoms with E-state index in [9.17, 15) is 9.59 Å². The second-order valence-corrected chi connectivity index (χ2v) is 7.78. The molecule has 3 rings (SSSR count). The molecule has 27 heavy (non-hydrogen) atoms. The Balaban J connectivity index is 1.52. The normalized spacial score (nSPS) is 16.4. The van der Waals surface area contributed by atoms with Gasteiger partial charge in [0, 0.05) is 44.5 Å². The van der Waals surface area contributed by atoms with Crippen molar-refractivity contribution >= 4 is 11.8 Å². The van der Waals surface area contributed by atoms with Crippen molar-refractivity contribution in [3.05, 3.63) is 35.4 Å². The highest BCUT2D eigenvalue weighted by Crippen LogP contribution is 2.28. The van der Waals surface area contributed by atoms with Gasteiger partial charge >= 0.3 is 0 Å². The average molecular weight is 373 g/mol. The molecule has 2 fully saturated rings. The van der Waals surface area contributed by atoms with Crippen molar-refractivity contribution in [3.8, 4) is 0 Å². The predicted molar refractivity (Wildman–Crippen MR) is 104 cm³/mol. The number of methoxy groups -OCH3 is 1. The largest absolute Gasteiger partial charge is 0.385 e. The molecule has 2 saturated carbocycles. The van der Waals surface area contributed by atoms with E-state index < -0.39 is 0 Å². The van der Waals surface area contributed by atoms with E-state index in [4.69, 9.17) is 4.74 Å². The number of hydrogen-bond acceptors (Lipinski definition) is 4. The average Bonchev–Trinajstić information content (AvgIpc) is 3.55. The van der Waals surface area contributed by atoms with E-state index in [-0.39, 0.29) is 11.8 Å². The zero-order valence-electron chi connectivity index (χ0n) is 16.4. The maximum atomic E-state index is 12.8. The lowest BCUT2D eigenvalue weighted by molar-refractivity contribution is -0.133. The summed E-state index contributed by atoms with van der Waals surface area (Å²) in [6.45, 7) is 2.61. The van der Waals surface area contributed by atoms with Crippen LogP contribution >= 0.6 is 0 Å². The minimum atomic E-state index is -0.00291. The van der Waals surface area contributed by atoms with Crippen LogP contribution in [0.25, 0.3) is 0 Å². The standard InChI is InChI=1S/C21H31N3O3/c1-23(12-3-13-27-2)15-20(25)24(19-10-11-19)14-16-4-6-17(7-5-16)21(26)22-18-8-9-18/h4-7,18-19H,3,8-15H2,1-2H3,(H,22,26). The SMILES string of the molecule is COCCCN(C)CC(=O)N(Cc1ccc(C(=O)NC2CC2)cc1)C1CC1. The number of amides is 2. The maximum absolute atomic E-state index is 12.8. The first-order valence-electron chi connectivity index (χ1n) is 9.93. The number of benzene rings is 1. The number of carbonyl (C=O) groups is 2. The molecule has 0 atom stereocenters. The number of hydrogen-bond donors (Lipinski definition) is 1. The van der Waals surface area contributed by atoms with Crippen molar-refractivity contribution in [1.82, 2.24) is 15.1 Å². The molecular formula is C21H31N3O3. The number of nitrogens with one attached hydrogen (secondary N) is 1. The van der Waals surface area contributed by atoms with Crippen LogP contribution in [0, 0.1) is 0 Å². The fourth-order valence-corrected chi connectivity index (χ4v) is 3.14. The van der Waals surface area contributed by atoms with Crippen LogP contribution in [0.3, 0.4) is 0 Å². The summed E-state index contributed by atoms with van der Waals surface area (Å²) in [6.07, 6.45) is 5.26. The Bertz CT molecular complexity index is 639. The first-order chi connectivity index (χ1) is 13.1. The van der Waals surface area contributed by atoms with Gasteiger partial charge in [0.15, 0.2) is 0 Å². The smallest absolute Gasteiger partial charge is 0.251 e. The van der Waals surface area contributed by atoms with Gasteiger partial charge < -0.3 is 15.0 Å². The molecule has 0 saturated heterocycles. The van der Waals surface area contributed by atoms with Gasteiger partial charge in [0.05, 0.1) is 6.54 Å². The molecular weight excluding hydrogens is 342 g/mol. The van der Waals surface area contributed by atoms with Gasteiger partial charge in [0.25, 0.3) is 5.91 Å². The number of rotatable bonds is 11. The van der Waals surface area contributed by atoms with E-state index in [0.29, 0.717) is 37.3 Å². The molecule has 0 heterocycles. The Kier molecular flexibility index (Phi) is 6.85. The second kappa shape index (κ2) is 9.33. The van der Waals surface area contributed by atoms with Gasteiger partial charge in [-0.2, -0.15) is 0 Å². The molecule has 2 aliphatic rings. The number of ether oxygens (including phenoxy) is 1. The van der Waals surface area contributed by atoms with Crippen LogP contribution in [0.1, 0.15) is 48.0 Å². The van der Waals surface area contributed by atoms with Crippen LogP contribution in [0.5, 0.6) is 0 Å². The predicted octanol–water partition coefficient (Wildman–Crippen LogP) is 2.04. The molecule has 6 heteroatoms. The van der Waals surface area contributed by atoms with Gasteiger partial charge in [0.2, 0.25) is 5.91 Å². The van der Waals surface area contributed by atoms with E-state index in [0.717, 1.165) is 44.2 Å². The van der Waals surface area contributed by atoms with Crippen LogP contribution in [0.15, 0.2) is 24.3 Å². The molecule has 6 nitrogen and oxygen atoms in total. The molecule has 2 aliphatic carbocycles. The zero-order valence-corrected chi connectivity index (χ0v) is 16.4. The van der Waals surface area contributed by atoms with E-state index in [1.807, 2.05) is 36.2 Å². The zero-order chi connectivity index (χ0) is 19.2. The second-order valence-electron chi connectivity index (χ2n) is 7.78. The third kappa shape index (κ3) is 6.33. The third-order valence-corrected chi connectivity index (χ3v) is 5.08. The third-order valence-electron chi connectivity index (χ3n) is 5.08. The number of carbonyl (C=O) groups excluding carboxylic acids is 2. The molecule has 0 aliphatic heterocycles. The number of nitrogens with zero attached hydrogens (tertiary/aromatic N) is 2. The van der Waals surface area contributed by atoms with Crippen molar-refractivity contribution < 1.29 is 14.3 Å². The highest BCUT2D eigenvalue weighted by Gasteiger charge is 2.32. The first kappa shape index (κ1) is 19.8. The summed E-state index contributed by atoms with van der Waals surface area (Å²) in [6, 6.07) is 8.38. The summed E-state index contributed by atoms with van der Waals surface area (Å²) in [7, 11) is 3.67. The fraction of sp³-hybridized carbons (Fsp3) is 0.619. The molecule has 1 N–H and O–H groups in total. The van der Waals surface area contributed by atoms with Crippen LogP contribution in [0.4, 0.5) is 0 Å². The minimum absolute atomic E-state index is 0.00291. The van der Waals surface area contributed by atoms with Gasteiger partial charge in [-0.3, -0.25) is 14.5 Å². The summed E-state index contributed by atoms with van der Waals surface area (Å²) in [5.74, 6) is 0.171. The topological polar surface area (TPSA) is 61.9 Å². The highest BCUT2D eigenvalue weighted by molar-refractivity contribution is 5.94. The fourth-order valence-electron chi connectivity index (χ4n) is 3.14. The maximum Gasteiger partial charge on any atom is 0.251 e. The Morgan fingerprint density at radius 3 is 2.44 bits per heavy atom. The van der Waals surface area contributed by atoms with Crippen molar-refractivity contribution in [2.24, 2.45) is 0 Å². The van der Waals surface area contributed by atoms with Crippen molar-refractivity contribution in [3.63, 3.8) is 0 Å². The minimum Gasteiger partial charge on any atom is -0.385 e. The van der Waals surface area contributed by atoms with Gasteiger partial charge in [-0.05, 0) is 56.8 Å². The summed E-state index contributed by atoms with van der Waals surface area (Å²) in [5, 5.41) is 3.00. The van der Waals surface area contributed by atoms with Crippen LogP contribution < -0.4 is 5.32 Å². The Morgan fingerprint density at radius 1 is 1.15 bits per heavy atom. The Labute approximate surface area is 161 Å². The monoisotopic (exact) mass is 373 g/mol. The molecule has 0 radical (unpaired) electrons. The molecule has 2 amide bonds. The van der Waals surface area contributed by atoms with E-state index in [1.54, 1.807) is 7.11 Å². The molecule has 0 aromatic heterocycles. The lowest BCUT2D eigenvalue weighted by Gasteiger charge is -2.25. The van der Waals surface area contributed by atoms with Crippen molar-refractivity contribution in [1.29, 1.82) is 0 Å². The lowest BCUT2D eigenvalue weighted by atomic mass is 10.1. The summed E-state index contributed by atoms with van der Waals surface area (Å²) in [4.78, 5) is 28.9. The van der Waals surface area contributed by atoms with Crippen molar-refractivity contribution in [2.45, 2.75) is 50.7 Å². The summed E-state index contributed by atoms with van der Waals surface area (Å²) < 4.78 is 5.07. The van der Waals surface area contributed by atoms with Crippen LogP contribution in [-0.2, 0) is 16.1 Å². The van der Waals surface area contributed by atoms with Gasteiger partial charge in [-0.25, -0.2) is 0 Å². The highest BCUT2D eigenvalue weighted by atomic mass is 16.5. The van der Waals surface area contributed by atoms with Gasteiger partial charge in [-0.15, -0.1) is 0 Å². The molecule has 0 bridgehead atoms. The molecule has 1 aromatic carbocycles. The molecule has 0 unspecified atom stereocenters. The molecule has 148 valence electrons. The molecule has 1 aromatic rings. The van der Waals surface area contributed by atoms with Gasteiger partial charge in [-0.1, -0.05) is 12.1 Å². The summed E-state index contributed by atoms with van der Waals surface area (Å²) in [5.41, 5.74) is 1.76. The van der Waals surface area contributed by atoms with Crippen molar-refractivity contribution in [2.75, 3.05) is 33.9 Å². The Hall–Kier alpha value is -1.92. The van der Waals surface area contributed by atoms with E-state index in [2.05, 4.69) is 10.2 Å². The Morgan fingerprint density at radius 2 is 1.85 bits per heavy atom. The lowest BCUT2D eigenvalue weighted by Crippen LogP contribution is -2.40. The van der Waals surface area contributed by atoms with Crippen LogP contribution in [-0.4, -0.2) is 67.6 Å². The van der Waals surface area contributed by atoms with E-state index >= 15 is 0 Å². The number of likely N-dealkylation sites (N-methyl/N-ethyl adjacent to an activating group) is 1.